The monoisotopic (exact) mass is 395 g/mol. The third-order valence-corrected chi connectivity index (χ3v) is 3.85. The van der Waals surface area contributed by atoms with Crippen molar-refractivity contribution in [2.24, 2.45) is 12.2 Å². The molecule has 29 heavy (non-hydrogen) atoms. The first kappa shape index (κ1) is 20.1. The summed E-state index contributed by atoms with van der Waals surface area (Å²) >= 11 is 0. The quantitative estimate of drug-likeness (QED) is 0.431. The first-order valence-corrected chi connectivity index (χ1v) is 8.90. The Kier molecular flexibility index (Phi) is 6.95. The van der Waals surface area contributed by atoms with Crippen molar-refractivity contribution < 1.29 is 14.4 Å². The van der Waals surface area contributed by atoms with Gasteiger partial charge in [-0.25, -0.2) is 9.67 Å². The summed E-state index contributed by atoms with van der Waals surface area (Å²) in [5.41, 5.74) is 1.93. The minimum atomic E-state index is -0.170. The molecular weight excluding hydrogens is 374 g/mol. The number of pyridine rings is 1. The van der Waals surface area contributed by atoms with Crippen LogP contribution in [0.15, 0.2) is 53.7 Å². The molecule has 0 saturated carbocycles. The summed E-state index contributed by atoms with van der Waals surface area (Å²) in [4.78, 5) is 21.7. The van der Waals surface area contributed by atoms with E-state index in [0.29, 0.717) is 29.7 Å². The second kappa shape index (κ2) is 10.0. The number of hydrogen-bond acceptors (Lipinski definition) is 8. The van der Waals surface area contributed by atoms with Crippen LogP contribution in [0.25, 0.3) is 0 Å². The van der Waals surface area contributed by atoms with Gasteiger partial charge >= 0.3 is 0 Å². The summed E-state index contributed by atoms with van der Waals surface area (Å²) in [6.07, 6.45) is 0.259. The molecule has 0 bridgehead atoms. The van der Waals surface area contributed by atoms with Gasteiger partial charge in [-0.05, 0) is 22.6 Å². The zero-order valence-corrected chi connectivity index (χ0v) is 16.1. The second-order valence-electron chi connectivity index (χ2n) is 6.01. The van der Waals surface area contributed by atoms with Crippen molar-refractivity contribution in [3.05, 3.63) is 65.6 Å². The molecule has 1 amide bonds. The number of aromatic nitrogens is 5. The van der Waals surface area contributed by atoms with Gasteiger partial charge < -0.3 is 14.9 Å². The summed E-state index contributed by atoms with van der Waals surface area (Å²) < 4.78 is 6.41. The lowest BCUT2D eigenvalue weighted by Crippen LogP contribution is -2.15. The number of nitrogens with zero attached hydrogens (tertiary/aromatic N) is 6. The van der Waals surface area contributed by atoms with E-state index in [1.807, 2.05) is 30.3 Å². The number of amides is 1. The number of nitrogens with one attached hydrogen (secondary N) is 1. The number of benzene rings is 1. The Labute approximate surface area is 167 Å². The van der Waals surface area contributed by atoms with Crippen molar-refractivity contribution >= 4 is 17.4 Å². The fourth-order valence-electron chi connectivity index (χ4n) is 2.44. The van der Waals surface area contributed by atoms with Crippen LogP contribution in [-0.4, -0.2) is 50.5 Å². The molecule has 1 N–H and O–H groups in total. The third-order valence-electron chi connectivity index (χ3n) is 3.85. The van der Waals surface area contributed by atoms with E-state index in [-0.39, 0.29) is 18.9 Å². The van der Waals surface area contributed by atoms with Gasteiger partial charge in [0.05, 0.1) is 18.7 Å². The van der Waals surface area contributed by atoms with Gasteiger partial charge in [-0.2, -0.15) is 0 Å². The molecule has 10 heteroatoms. The molecule has 0 atom stereocenters. The Hall–Kier alpha value is -3.66. The van der Waals surface area contributed by atoms with Gasteiger partial charge in [-0.15, -0.1) is 5.10 Å². The van der Waals surface area contributed by atoms with Crippen molar-refractivity contribution in [3.63, 3.8) is 0 Å². The predicted molar refractivity (Wildman–Crippen MR) is 105 cm³/mol. The molecule has 3 rings (SSSR count). The molecule has 0 radical (unpaired) electrons. The molecule has 0 aliphatic heterocycles. The van der Waals surface area contributed by atoms with Crippen LogP contribution in [0.5, 0.6) is 0 Å². The van der Waals surface area contributed by atoms with E-state index >= 15 is 0 Å². The summed E-state index contributed by atoms with van der Waals surface area (Å²) in [6, 6.07) is 14.8. The molecule has 0 spiro atoms. The number of anilines is 1. The molecule has 150 valence electrons. The van der Waals surface area contributed by atoms with Gasteiger partial charge in [0.25, 0.3) is 0 Å². The van der Waals surface area contributed by atoms with Gasteiger partial charge in [0.2, 0.25) is 11.7 Å². The third kappa shape index (κ3) is 5.66. The highest BCUT2D eigenvalue weighted by molar-refractivity contribution is 6.10. The lowest BCUT2D eigenvalue weighted by Gasteiger charge is -2.07. The summed E-state index contributed by atoms with van der Waals surface area (Å²) in [7, 11) is 3.27. The maximum Gasteiger partial charge on any atom is 0.227 e. The van der Waals surface area contributed by atoms with Crippen molar-refractivity contribution in [2.45, 2.75) is 13.0 Å². The van der Waals surface area contributed by atoms with Crippen LogP contribution in [0, 0.1) is 0 Å². The Morgan fingerprint density at radius 1 is 1.17 bits per heavy atom. The lowest BCUT2D eigenvalue weighted by atomic mass is 10.1. The number of hydrogen-bond donors (Lipinski definition) is 1. The SMILES string of the molecule is COCCC(=O)Nc1cccc(CO/N=C(/c2ccccc2)c2nnnn2C)n1. The summed E-state index contributed by atoms with van der Waals surface area (Å²) in [5, 5.41) is 18.5. The molecule has 0 fully saturated rings. The number of carbonyl (C=O) groups excluding carboxylic acids is 1. The molecule has 3 aromatic rings. The van der Waals surface area contributed by atoms with Crippen LogP contribution in [0.3, 0.4) is 0 Å². The lowest BCUT2D eigenvalue weighted by molar-refractivity contribution is -0.117. The molecule has 2 heterocycles. The van der Waals surface area contributed by atoms with Gasteiger partial charge in [0.1, 0.15) is 5.82 Å². The molecule has 0 aliphatic carbocycles. The average Bonchev–Trinajstić information content (AvgIpc) is 3.16. The molecule has 2 aromatic heterocycles. The largest absolute Gasteiger partial charge is 0.389 e. The van der Waals surface area contributed by atoms with Crippen LogP contribution in [-0.2, 0) is 28.0 Å². The Morgan fingerprint density at radius 3 is 2.72 bits per heavy atom. The maximum atomic E-state index is 11.8. The van der Waals surface area contributed by atoms with Crippen LogP contribution >= 0.6 is 0 Å². The number of tetrazole rings is 1. The number of ether oxygens (including phenoxy) is 1. The normalized spacial score (nSPS) is 11.3. The van der Waals surface area contributed by atoms with E-state index in [0.717, 1.165) is 5.56 Å². The topological polar surface area (TPSA) is 116 Å². The Morgan fingerprint density at radius 2 is 2.00 bits per heavy atom. The minimum Gasteiger partial charge on any atom is -0.389 e. The van der Waals surface area contributed by atoms with Crippen LogP contribution in [0.2, 0.25) is 0 Å². The van der Waals surface area contributed by atoms with Crippen molar-refractivity contribution in [2.75, 3.05) is 19.0 Å². The maximum absolute atomic E-state index is 11.8. The van der Waals surface area contributed by atoms with Crippen molar-refractivity contribution in [1.82, 2.24) is 25.2 Å². The van der Waals surface area contributed by atoms with Crippen molar-refractivity contribution in [1.29, 1.82) is 0 Å². The van der Waals surface area contributed by atoms with Gasteiger partial charge in [-0.3, -0.25) is 4.79 Å². The molecular formula is C19H21N7O3. The average molecular weight is 395 g/mol. The van der Waals surface area contributed by atoms with Crippen molar-refractivity contribution in [3.8, 4) is 0 Å². The van der Waals surface area contributed by atoms with Crippen LogP contribution < -0.4 is 5.32 Å². The molecule has 0 aliphatic rings. The number of carbonyl (C=O) groups is 1. The Balaban J connectivity index is 1.71. The van der Waals surface area contributed by atoms with E-state index in [1.54, 1.807) is 32.4 Å². The second-order valence-corrected chi connectivity index (χ2v) is 6.01. The number of methoxy groups -OCH3 is 1. The highest BCUT2D eigenvalue weighted by atomic mass is 16.6. The van der Waals surface area contributed by atoms with Crippen LogP contribution in [0.1, 0.15) is 23.5 Å². The molecule has 0 saturated heterocycles. The smallest absolute Gasteiger partial charge is 0.227 e. The number of aryl methyl sites for hydroxylation is 1. The summed E-state index contributed by atoms with van der Waals surface area (Å²) in [6.45, 7) is 0.464. The molecule has 0 unspecified atom stereocenters. The van der Waals surface area contributed by atoms with E-state index in [1.165, 1.54) is 4.68 Å². The first-order valence-electron chi connectivity index (χ1n) is 8.90. The van der Waals surface area contributed by atoms with E-state index in [4.69, 9.17) is 9.57 Å². The summed E-state index contributed by atoms with van der Waals surface area (Å²) in [5.74, 6) is 0.747. The standard InChI is InChI=1S/C19H21N7O3/c1-26-19(22-24-25-26)18(14-7-4-3-5-8-14)23-29-13-15-9-6-10-16(20-15)21-17(27)11-12-28-2/h3-10H,11-13H2,1-2H3,(H,20,21,27)/b23-18-. The van der Waals surface area contributed by atoms with E-state index in [2.05, 4.69) is 31.0 Å². The van der Waals surface area contributed by atoms with E-state index in [9.17, 15) is 4.79 Å². The van der Waals surface area contributed by atoms with Gasteiger partial charge in [0, 0.05) is 19.7 Å². The number of oxime groups is 1. The fourth-order valence-corrected chi connectivity index (χ4v) is 2.44. The highest BCUT2D eigenvalue weighted by Gasteiger charge is 2.14. The zero-order valence-electron chi connectivity index (χ0n) is 16.1. The van der Waals surface area contributed by atoms with E-state index < -0.39 is 0 Å². The minimum absolute atomic E-state index is 0.114. The molecule has 1 aromatic carbocycles. The van der Waals surface area contributed by atoms with Crippen LogP contribution in [0.4, 0.5) is 5.82 Å². The fraction of sp³-hybridized carbons (Fsp3) is 0.263. The number of rotatable bonds is 9. The van der Waals surface area contributed by atoms with Gasteiger partial charge in [0.15, 0.2) is 12.3 Å². The van der Waals surface area contributed by atoms with Gasteiger partial charge in [-0.1, -0.05) is 41.6 Å². The highest BCUT2D eigenvalue weighted by Crippen LogP contribution is 2.10. The first-order chi connectivity index (χ1) is 14.2. The predicted octanol–water partition coefficient (Wildman–Crippen LogP) is 1.55. The Bertz CT molecular complexity index is 973. The molecule has 10 nitrogen and oxygen atoms in total. The zero-order chi connectivity index (χ0) is 20.5.